The van der Waals surface area contributed by atoms with Crippen LogP contribution < -0.4 is 15.4 Å². The fourth-order valence-electron chi connectivity index (χ4n) is 2.34. The third kappa shape index (κ3) is 5.84. The zero-order valence-corrected chi connectivity index (χ0v) is 16.1. The van der Waals surface area contributed by atoms with Crippen LogP contribution in [0.1, 0.15) is 0 Å². The van der Waals surface area contributed by atoms with Gasteiger partial charge in [0, 0.05) is 31.1 Å². The summed E-state index contributed by atoms with van der Waals surface area (Å²) in [6.45, 7) is 4.57. The highest BCUT2D eigenvalue weighted by molar-refractivity contribution is 8.01. The topological polar surface area (TPSA) is 88.6 Å². The number of hydrogen-bond acceptors (Lipinski definition) is 8. The highest BCUT2D eigenvalue weighted by Gasteiger charge is 2.12. The van der Waals surface area contributed by atoms with Crippen molar-refractivity contribution in [1.29, 1.82) is 0 Å². The Labute approximate surface area is 160 Å². The summed E-state index contributed by atoms with van der Waals surface area (Å²) >= 11 is 3.02. The molecule has 26 heavy (non-hydrogen) atoms. The SMILES string of the molecule is COc1ccc(NC(=O)Nc2nnc(SCCN3CCOCC3)s2)cc1. The Morgan fingerprint density at radius 3 is 2.77 bits per heavy atom. The lowest BCUT2D eigenvalue weighted by atomic mass is 10.3. The van der Waals surface area contributed by atoms with Crippen LogP contribution >= 0.6 is 23.1 Å². The normalized spacial score (nSPS) is 14.8. The molecule has 2 amide bonds. The van der Waals surface area contributed by atoms with Crippen molar-refractivity contribution in [2.75, 3.05) is 56.3 Å². The lowest BCUT2D eigenvalue weighted by molar-refractivity contribution is 0.0410. The fraction of sp³-hybridized carbons (Fsp3) is 0.438. The van der Waals surface area contributed by atoms with Crippen LogP contribution in [0, 0.1) is 0 Å². The van der Waals surface area contributed by atoms with Crippen molar-refractivity contribution < 1.29 is 14.3 Å². The number of ether oxygens (including phenoxy) is 2. The second-order valence-corrected chi connectivity index (χ2v) is 7.80. The molecule has 2 heterocycles. The minimum absolute atomic E-state index is 0.351. The molecule has 1 aliphatic rings. The van der Waals surface area contributed by atoms with Gasteiger partial charge in [0.2, 0.25) is 5.13 Å². The van der Waals surface area contributed by atoms with Gasteiger partial charge in [0.25, 0.3) is 0 Å². The molecule has 0 saturated carbocycles. The van der Waals surface area contributed by atoms with Gasteiger partial charge in [0.1, 0.15) is 5.75 Å². The number of rotatable bonds is 7. The molecule has 1 aromatic carbocycles. The predicted molar refractivity (Wildman–Crippen MR) is 104 cm³/mol. The number of hydrogen-bond donors (Lipinski definition) is 2. The van der Waals surface area contributed by atoms with Crippen molar-refractivity contribution in [3.63, 3.8) is 0 Å². The monoisotopic (exact) mass is 395 g/mol. The Bertz CT molecular complexity index is 704. The van der Waals surface area contributed by atoms with E-state index in [1.807, 2.05) is 0 Å². The van der Waals surface area contributed by atoms with E-state index < -0.39 is 0 Å². The first-order valence-corrected chi connectivity index (χ1v) is 10.0. The van der Waals surface area contributed by atoms with Crippen molar-refractivity contribution in [3.8, 4) is 5.75 Å². The summed E-state index contributed by atoms with van der Waals surface area (Å²) in [6.07, 6.45) is 0. The Kier molecular flexibility index (Phi) is 7.06. The first-order valence-electron chi connectivity index (χ1n) is 8.21. The van der Waals surface area contributed by atoms with Gasteiger partial charge in [0.15, 0.2) is 4.34 Å². The van der Waals surface area contributed by atoms with E-state index in [-0.39, 0.29) is 6.03 Å². The molecule has 0 atom stereocenters. The molecule has 1 fully saturated rings. The molecule has 0 unspecified atom stereocenters. The van der Waals surface area contributed by atoms with Gasteiger partial charge in [-0.25, -0.2) is 4.79 Å². The fourth-order valence-corrected chi connectivity index (χ4v) is 4.16. The molecule has 0 bridgehead atoms. The maximum atomic E-state index is 12.0. The van der Waals surface area contributed by atoms with Crippen LogP contribution in [-0.2, 0) is 4.74 Å². The third-order valence-corrected chi connectivity index (χ3v) is 5.66. The summed E-state index contributed by atoms with van der Waals surface area (Å²) in [7, 11) is 1.60. The first kappa shape index (κ1) is 18.9. The van der Waals surface area contributed by atoms with Crippen LogP contribution in [0.3, 0.4) is 0 Å². The first-order chi connectivity index (χ1) is 12.7. The molecule has 140 valence electrons. The van der Waals surface area contributed by atoms with Gasteiger partial charge in [-0.2, -0.15) is 0 Å². The van der Waals surface area contributed by atoms with Crippen molar-refractivity contribution >= 4 is 39.9 Å². The number of aromatic nitrogens is 2. The van der Waals surface area contributed by atoms with Gasteiger partial charge >= 0.3 is 6.03 Å². The molecule has 3 rings (SSSR count). The second kappa shape index (κ2) is 9.72. The average Bonchev–Trinajstić information content (AvgIpc) is 3.10. The predicted octanol–water partition coefficient (Wildman–Crippen LogP) is 2.62. The van der Waals surface area contributed by atoms with E-state index in [0.29, 0.717) is 10.8 Å². The van der Waals surface area contributed by atoms with Crippen LogP contribution in [0.2, 0.25) is 0 Å². The molecule has 2 N–H and O–H groups in total. The number of thioether (sulfide) groups is 1. The number of methoxy groups -OCH3 is 1. The van der Waals surface area contributed by atoms with Crippen molar-refractivity contribution in [3.05, 3.63) is 24.3 Å². The van der Waals surface area contributed by atoms with Gasteiger partial charge in [-0.15, -0.1) is 10.2 Å². The van der Waals surface area contributed by atoms with Crippen molar-refractivity contribution in [1.82, 2.24) is 15.1 Å². The molecule has 0 radical (unpaired) electrons. The van der Waals surface area contributed by atoms with Gasteiger partial charge in [-0.05, 0) is 24.3 Å². The summed E-state index contributed by atoms with van der Waals surface area (Å²) in [4.78, 5) is 14.4. The third-order valence-electron chi connectivity index (χ3n) is 3.71. The van der Waals surface area contributed by atoms with Crippen LogP contribution in [-0.4, -0.2) is 66.8 Å². The number of benzene rings is 1. The maximum absolute atomic E-state index is 12.0. The van der Waals surface area contributed by atoms with E-state index in [0.717, 1.165) is 48.7 Å². The highest BCUT2D eigenvalue weighted by atomic mass is 32.2. The number of nitrogens with one attached hydrogen (secondary N) is 2. The largest absolute Gasteiger partial charge is 0.497 e. The average molecular weight is 396 g/mol. The Balaban J connectivity index is 1.41. The van der Waals surface area contributed by atoms with Gasteiger partial charge in [-0.3, -0.25) is 10.2 Å². The number of amides is 2. The van der Waals surface area contributed by atoms with E-state index in [2.05, 4.69) is 25.7 Å². The van der Waals surface area contributed by atoms with E-state index in [9.17, 15) is 4.79 Å². The van der Waals surface area contributed by atoms with Crippen LogP contribution in [0.15, 0.2) is 28.6 Å². The lowest BCUT2D eigenvalue weighted by Gasteiger charge is -2.25. The summed E-state index contributed by atoms with van der Waals surface area (Å²) in [6, 6.07) is 6.75. The minimum atomic E-state index is -0.351. The van der Waals surface area contributed by atoms with Gasteiger partial charge < -0.3 is 14.8 Å². The Hall–Kier alpha value is -1.88. The zero-order chi connectivity index (χ0) is 18.2. The molecule has 1 aliphatic heterocycles. The smallest absolute Gasteiger partial charge is 0.325 e. The number of carbonyl (C=O) groups excluding carboxylic acids is 1. The van der Waals surface area contributed by atoms with Crippen molar-refractivity contribution in [2.24, 2.45) is 0 Å². The minimum Gasteiger partial charge on any atom is -0.497 e. The molecule has 1 aromatic heterocycles. The molecule has 1 saturated heterocycles. The zero-order valence-electron chi connectivity index (χ0n) is 14.4. The van der Waals surface area contributed by atoms with Crippen LogP contribution in [0.4, 0.5) is 15.6 Å². The number of carbonyl (C=O) groups is 1. The highest BCUT2D eigenvalue weighted by Crippen LogP contribution is 2.25. The Morgan fingerprint density at radius 2 is 2.04 bits per heavy atom. The molecule has 10 heteroatoms. The van der Waals surface area contributed by atoms with Gasteiger partial charge in [0.05, 0.1) is 20.3 Å². The summed E-state index contributed by atoms with van der Waals surface area (Å²) in [5.41, 5.74) is 0.674. The molecule has 0 spiro atoms. The standard InChI is InChI=1S/C16H21N5O3S2/c1-23-13-4-2-12(3-5-13)17-14(22)18-15-19-20-16(26-15)25-11-8-21-6-9-24-10-7-21/h2-5H,6-11H2,1H3,(H2,17,18,19,22). The van der Waals surface area contributed by atoms with E-state index in [4.69, 9.17) is 9.47 Å². The summed E-state index contributed by atoms with van der Waals surface area (Å²) < 4.78 is 11.3. The lowest BCUT2D eigenvalue weighted by Crippen LogP contribution is -2.37. The van der Waals surface area contributed by atoms with E-state index in [1.165, 1.54) is 11.3 Å². The van der Waals surface area contributed by atoms with E-state index >= 15 is 0 Å². The van der Waals surface area contributed by atoms with Crippen LogP contribution in [0.5, 0.6) is 5.75 Å². The summed E-state index contributed by atoms with van der Waals surface area (Å²) in [5.74, 6) is 1.67. The maximum Gasteiger partial charge on any atom is 0.325 e. The van der Waals surface area contributed by atoms with Gasteiger partial charge in [-0.1, -0.05) is 23.1 Å². The molecule has 2 aromatic rings. The quantitative estimate of drug-likeness (QED) is 0.550. The molecular formula is C16H21N5O3S2. The molecular weight excluding hydrogens is 374 g/mol. The molecule has 0 aliphatic carbocycles. The second-order valence-electron chi connectivity index (χ2n) is 5.48. The number of nitrogens with zero attached hydrogens (tertiary/aromatic N) is 3. The number of urea groups is 1. The van der Waals surface area contributed by atoms with Crippen molar-refractivity contribution in [2.45, 2.75) is 4.34 Å². The number of anilines is 2. The Morgan fingerprint density at radius 1 is 1.27 bits per heavy atom. The van der Waals surface area contributed by atoms with Crippen LogP contribution in [0.25, 0.3) is 0 Å². The molecule has 8 nitrogen and oxygen atoms in total. The van der Waals surface area contributed by atoms with E-state index in [1.54, 1.807) is 43.1 Å². The number of morpholine rings is 1. The summed E-state index contributed by atoms with van der Waals surface area (Å²) in [5, 5.41) is 14.0.